The van der Waals surface area contributed by atoms with Crippen LogP contribution in [0, 0.1) is 6.92 Å². The molecule has 1 aromatic heterocycles. The van der Waals surface area contributed by atoms with Crippen molar-refractivity contribution in [3.8, 4) is 0 Å². The summed E-state index contributed by atoms with van der Waals surface area (Å²) in [6, 6.07) is 2.23. The summed E-state index contributed by atoms with van der Waals surface area (Å²) < 4.78 is 2.53. The fourth-order valence-electron chi connectivity index (χ4n) is 3.04. The monoisotopic (exact) mass is 241 g/mol. The van der Waals surface area contributed by atoms with Crippen LogP contribution in [0.1, 0.15) is 47.1 Å². The van der Waals surface area contributed by atoms with Crippen molar-refractivity contribution in [1.82, 2.24) is 3.97 Å². The molecule has 0 aromatic carbocycles. The Morgan fingerprint density at radius 1 is 0.938 bits per heavy atom. The zero-order valence-corrected chi connectivity index (χ0v) is 12.6. The van der Waals surface area contributed by atoms with Crippen molar-refractivity contribution in [1.29, 1.82) is 0 Å². The van der Waals surface area contributed by atoms with Gasteiger partial charge in [0.25, 0.3) is 0 Å². The standard InChI is InChI=1S/C14H27NS/c1-11(2)16(12(3)4,13(5)6)15-9-8-14(7)10-15/h8-13H,1-7H3. The van der Waals surface area contributed by atoms with E-state index >= 15 is 0 Å². The lowest BCUT2D eigenvalue weighted by molar-refractivity contribution is 0.908. The summed E-state index contributed by atoms with van der Waals surface area (Å²) in [7, 11) is -0.788. The Morgan fingerprint density at radius 3 is 1.62 bits per heavy atom. The highest BCUT2D eigenvalue weighted by Gasteiger charge is 2.35. The minimum Gasteiger partial charge on any atom is -0.317 e. The molecular weight excluding hydrogens is 214 g/mol. The lowest BCUT2D eigenvalue weighted by Gasteiger charge is -2.52. The largest absolute Gasteiger partial charge is 0.317 e. The van der Waals surface area contributed by atoms with Crippen molar-refractivity contribution in [2.75, 3.05) is 0 Å². The Bertz CT molecular complexity index is 314. The smallest absolute Gasteiger partial charge is 0.0169 e. The van der Waals surface area contributed by atoms with Crippen molar-refractivity contribution >= 4 is 10.2 Å². The first-order chi connectivity index (χ1) is 7.33. The molecule has 0 aliphatic carbocycles. The van der Waals surface area contributed by atoms with Crippen LogP contribution >= 0.6 is 10.2 Å². The second kappa shape index (κ2) is 4.87. The molecule has 0 aliphatic heterocycles. The van der Waals surface area contributed by atoms with Crippen LogP contribution in [0.25, 0.3) is 0 Å². The Labute approximate surface area is 103 Å². The molecule has 0 spiro atoms. The van der Waals surface area contributed by atoms with Crippen molar-refractivity contribution < 1.29 is 0 Å². The Balaban J connectivity index is 3.33. The summed E-state index contributed by atoms with van der Waals surface area (Å²) in [6.45, 7) is 16.5. The second-order valence-corrected chi connectivity index (χ2v) is 10.1. The number of nitrogens with zero attached hydrogens (tertiary/aromatic N) is 1. The van der Waals surface area contributed by atoms with Gasteiger partial charge in [-0.15, -0.1) is 0 Å². The zero-order chi connectivity index (χ0) is 12.5. The van der Waals surface area contributed by atoms with Gasteiger partial charge in [0, 0.05) is 28.1 Å². The minimum absolute atomic E-state index is 0.722. The summed E-state index contributed by atoms with van der Waals surface area (Å²) in [5.41, 5.74) is 1.37. The molecule has 0 saturated carbocycles. The van der Waals surface area contributed by atoms with Crippen LogP contribution in [0.5, 0.6) is 0 Å². The topological polar surface area (TPSA) is 4.93 Å². The molecule has 0 radical (unpaired) electrons. The second-order valence-electron chi connectivity index (χ2n) is 5.42. The zero-order valence-electron chi connectivity index (χ0n) is 11.8. The van der Waals surface area contributed by atoms with Crippen molar-refractivity contribution in [2.24, 2.45) is 0 Å². The van der Waals surface area contributed by atoms with Crippen LogP contribution < -0.4 is 0 Å². The van der Waals surface area contributed by atoms with Gasteiger partial charge >= 0.3 is 0 Å². The lowest BCUT2D eigenvalue weighted by atomic mass is 10.4. The van der Waals surface area contributed by atoms with E-state index in [-0.39, 0.29) is 0 Å². The third-order valence-corrected chi connectivity index (χ3v) is 8.93. The van der Waals surface area contributed by atoms with Gasteiger partial charge in [0.15, 0.2) is 0 Å². The molecule has 16 heavy (non-hydrogen) atoms. The average Bonchev–Trinajstić information content (AvgIpc) is 2.50. The van der Waals surface area contributed by atoms with E-state index in [9.17, 15) is 0 Å². The Morgan fingerprint density at radius 2 is 1.38 bits per heavy atom. The Hall–Kier alpha value is -0.370. The van der Waals surface area contributed by atoms with E-state index in [2.05, 4.69) is 70.9 Å². The van der Waals surface area contributed by atoms with Crippen LogP contribution in [-0.4, -0.2) is 19.7 Å². The molecule has 0 bridgehead atoms. The van der Waals surface area contributed by atoms with Gasteiger partial charge in [-0.2, -0.15) is 10.2 Å². The number of aromatic nitrogens is 1. The summed E-state index contributed by atoms with van der Waals surface area (Å²) in [6.07, 6.45) is 4.61. The molecule has 0 amide bonds. The van der Waals surface area contributed by atoms with Gasteiger partial charge in [0.2, 0.25) is 0 Å². The van der Waals surface area contributed by atoms with Gasteiger partial charge in [-0.1, -0.05) is 41.5 Å². The first kappa shape index (κ1) is 13.7. The minimum atomic E-state index is -0.788. The normalized spacial score (nSPS) is 14.1. The molecule has 2 heteroatoms. The maximum atomic E-state index is 2.53. The summed E-state index contributed by atoms with van der Waals surface area (Å²) in [4.78, 5) is 0. The third kappa shape index (κ3) is 2.04. The average molecular weight is 241 g/mol. The Kier molecular flexibility index (Phi) is 4.17. The molecule has 1 heterocycles. The predicted octanol–water partition coefficient (Wildman–Crippen LogP) is 4.59. The molecule has 0 unspecified atom stereocenters. The van der Waals surface area contributed by atoms with Crippen LogP contribution in [0.2, 0.25) is 0 Å². The first-order valence-electron chi connectivity index (χ1n) is 6.28. The van der Waals surface area contributed by atoms with E-state index in [0.717, 1.165) is 15.7 Å². The van der Waals surface area contributed by atoms with E-state index < -0.39 is 10.2 Å². The van der Waals surface area contributed by atoms with Gasteiger partial charge < -0.3 is 3.97 Å². The van der Waals surface area contributed by atoms with Crippen LogP contribution in [0.4, 0.5) is 0 Å². The molecule has 0 saturated heterocycles. The summed E-state index contributed by atoms with van der Waals surface area (Å²) in [5, 5.41) is 2.16. The number of hydrogen-bond acceptors (Lipinski definition) is 0. The molecule has 1 rings (SSSR count). The quantitative estimate of drug-likeness (QED) is 0.726. The van der Waals surface area contributed by atoms with Crippen molar-refractivity contribution in [3.63, 3.8) is 0 Å². The van der Waals surface area contributed by atoms with Crippen molar-refractivity contribution in [3.05, 3.63) is 24.0 Å². The summed E-state index contributed by atoms with van der Waals surface area (Å²) >= 11 is 0. The molecular formula is C14H27NS. The lowest BCUT2D eigenvalue weighted by Crippen LogP contribution is -2.33. The van der Waals surface area contributed by atoms with Gasteiger partial charge in [-0.25, -0.2) is 0 Å². The van der Waals surface area contributed by atoms with Crippen LogP contribution in [-0.2, 0) is 0 Å². The van der Waals surface area contributed by atoms with E-state index in [4.69, 9.17) is 0 Å². The maximum Gasteiger partial charge on any atom is 0.0169 e. The fraction of sp³-hybridized carbons (Fsp3) is 0.714. The SMILES string of the molecule is Cc1ccn(S(C(C)C)(C(C)C)C(C)C)c1. The predicted molar refractivity (Wildman–Crippen MR) is 77.6 cm³/mol. The molecule has 1 nitrogen and oxygen atoms in total. The van der Waals surface area contributed by atoms with E-state index in [0.29, 0.717) is 0 Å². The molecule has 0 N–H and O–H groups in total. The van der Waals surface area contributed by atoms with Gasteiger partial charge in [0.1, 0.15) is 0 Å². The van der Waals surface area contributed by atoms with Crippen LogP contribution in [0.15, 0.2) is 18.5 Å². The molecule has 0 fully saturated rings. The highest BCUT2D eigenvalue weighted by Crippen LogP contribution is 2.61. The highest BCUT2D eigenvalue weighted by molar-refractivity contribution is 8.33. The van der Waals surface area contributed by atoms with Gasteiger partial charge in [-0.3, -0.25) is 0 Å². The molecule has 1 aromatic rings. The maximum absolute atomic E-state index is 2.53. The number of rotatable bonds is 4. The van der Waals surface area contributed by atoms with Gasteiger partial charge in [0.05, 0.1) is 0 Å². The van der Waals surface area contributed by atoms with E-state index in [1.807, 2.05) is 0 Å². The number of hydrogen-bond donors (Lipinski definition) is 0. The molecule has 0 atom stereocenters. The molecule has 0 aliphatic rings. The van der Waals surface area contributed by atoms with E-state index in [1.54, 1.807) is 0 Å². The first-order valence-corrected chi connectivity index (χ1v) is 8.06. The van der Waals surface area contributed by atoms with Crippen molar-refractivity contribution in [2.45, 2.75) is 64.2 Å². The fourth-order valence-corrected chi connectivity index (χ4v) is 8.38. The van der Waals surface area contributed by atoms with Gasteiger partial charge in [-0.05, 0) is 18.6 Å². The summed E-state index contributed by atoms with van der Waals surface area (Å²) in [5.74, 6) is 0. The van der Waals surface area contributed by atoms with E-state index in [1.165, 1.54) is 5.56 Å². The highest BCUT2D eigenvalue weighted by atomic mass is 32.3. The molecule has 94 valence electrons. The third-order valence-electron chi connectivity index (χ3n) is 3.45. The van der Waals surface area contributed by atoms with Crippen LogP contribution in [0.3, 0.4) is 0 Å². The number of aryl methyl sites for hydroxylation is 1.